The van der Waals surface area contributed by atoms with E-state index in [-0.39, 0.29) is 34.3 Å². The maximum Gasteiger partial charge on any atom is 0.253 e. The van der Waals surface area contributed by atoms with E-state index in [9.17, 15) is 14.0 Å². The number of amides is 2. The van der Waals surface area contributed by atoms with E-state index in [1.54, 1.807) is 18.2 Å². The Morgan fingerprint density at radius 1 is 1.17 bits per heavy atom. The highest BCUT2D eigenvalue weighted by molar-refractivity contribution is 7.99. The lowest BCUT2D eigenvalue weighted by molar-refractivity contribution is -0.113. The number of allylic oxidation sites excluding steroid dienone is 1. The molecule has 2 aromatic carbocycles. The van der Waals surface area contributed by atoms with E-state index in [1.165, 1.54) is 42.1 Å². The maximum atomic E-state index is 13.1. The van der Waals surface area contributed by atoms with Crippen molar-refractivity contribution in [3.8, 4) is 0 Å². The lowest BCUT2D eigenvalue weighted by Crippen LogP contribution is -2.32. The fourth-order valence-corrected chi connectivity index (χ4v) is 4.68. The third-order valence-electron chi connectivity index (χ3n) is 5.02. The highest BCUT2D eigenvalue weighted by atomic mass is 35.5. The van der Waals surface area contributed by atoms with Crippen LogP contribution < -0.4 is 10.6 Å². The largest absolute Gasteiger partial charge is 0.342 e. The molecule has 1 heterocycles. The van der Waals surface area contributed by atoms with Crippen LogP contribution in [0.1, 0.15) is 42.5 Å². The molecular formula is C25H26Cl2FN5O2S. The molecular weight excluding hydrogens is 524 g/mol. The minimum absolute atomic E-state index is 0.0637. The number of hydrogen-bond acceptors (Lipinski definition) is 5. The first kappa shape index (κ1) is 27.7. The van der Waals surface area contributed by atoms with Crippen molar-refractivity contribution in [3.63, 3.8) is 0 Å². The van der Waals surface area contributed by atoms with Gasteiger partial charge in [0, 0.05) is 17.3 Å². The summed E-state index contributed by atoms with van der Waals surface area (Å²) in [4.78, 5) is 25.4. The molecule has 0 saturated carbocycles. The third-order valence-corrected chi connectivity index (χ3v) is 6.53. The highest BCUT2D eigenvalue weighted by Crippen LogP contribution is 2.27. The zero-order chi connectivity index (χ0) is 26.2. The molecule has 0 unspecified atom stereocenters. The van der Waals surface area contributed by atoms with Crippen LogP contribution >= 0.6 is 35.0 Å². The van der Waals surface area contributed by atoms with Gasteiger partial charge in [-0.3, -0.25) is 9.59 Å². The van der Waals surface area contributed by atoms with Crippen molar-refractivity contribution in [3.05, 3.63) is 82.4 Å². The first-order chi connectivity index (χ1) is 17.2. The van der Waals surface area contributed by atoms with E-state index < -0.39 is 6.04 Å². The SMILES string of the molecule is C=CCn1c(SCC(=O)Nc2ccc(F)cc2)nnc1[C@@H](CC(C)C)NC(=O)c1ccc(Cl)cc1Cl. The van der Waals surface area contributed by atoms with Gasteiger partial charge in [-0.05, 0) is 54.8 Å². The first-order valence-corrected chi connectivity index (χ1v) is 12.9. The Hall–Kier alpha value is -2.88. The number of anilines is 1. The van der Waals surface area contributed by atoms with Crippen molar-refractivity contribution in [2.75, 3.05) is 11.1 Å². The van der Waals surface area contributed by atoms with Gasteiger partial charge in [0.1, 0.15) is 5.82 Å². The predicted molar refractivity (Wildman–Crippen MR) is 142 cm³/mol. The van der Waals surface area contributed by atoms with Crippen LogP contribution in [0.4, 0.5) is 10.1 Å². The van der Waals surface area contributed by atoms with Gasteiger partial charge in [0.25, 0.3) is 5.91 Å². The number of aromatic nitrogens is 3. The first-order valence-electron chi connectivity index (χ1n) is 11.2. The van der Waals surface area contributed by atoms with Gasteiger partial charge in [-0.2, -0.15) is 0 Å². The summed E-state index contributed by atoms with van der Waals surface area (Å²) in [5, 5.41) is 15.5. The van der Waals surface area contributed by atoms with Gasteiger partial charge in [0.15, 0.2) is 11.0 Å². The second-order valence-corrected chi connectivity index (χ2v) is 10.1. The molecule has 0 radical (unpaired) electrons. The molecule has 190 valence electrons. The van der Waals surface area contributed by atoms with Gasteiger partial charge in [-0.25, -0.2) is 4.39 Å². The number of benzene rings is 2. The maximum absolute atomic E-state index is 13.1. The van der Waals surface area contributed by atoms with Crippen LogP contribution in [-0.2, 0) is 11.3 Å². The lowest BCUT2D eigenvalue weighted by atomic mass is 10.0. The number of nitrogens with one attached hydrogen (secondary N) is 2. The Balaban J connectivity index is 1.78. The number of halogens is 3. The lowest BCUT2D eigenvalue weighted by Gasteiger charge is -2.21. The fraction of sp³-hybridized carbons (Fsp3) is 0.280. The monoisotopic (exact) mass is 549 g/mol. The molecule has 0 saturated heterocycles. The number of thioether (sulfide) groups is 1. The zero-order valence-electron chi connectivity index (χ0n) is 19.8. The molecule has 11 heteroatoms. The Morgan fingerprint density at radius 2 is 1.89 bits per heavy atom. The van der Waals surface area contributed by atoms with Crippen molar-refractivity contribution >= 4 is 52.5 Å². The summed E-state index contributed by atoms with van der Waals surface area (Å²) < 4.78 is 14.9. The standard InChI is InChI=1S/C25H26Cl2FN5O2S/c1-4-11-33-23(21(12-15(2)3)30-24(35)19-10-5-16(26)13-20(19)27)31-32-25(33)36-14-22(34)29-18-8-6-17(28)7-9-18/h4-10,13,15,21H,1,11-12,14H2,2-3H3,(H,29,34)(H,30,35)/t21-/m1/s1. The zero-order valence-corrected chi connectivity index (χ0v) is 22.1. The van der Waals surface area contributed by atoms with Crippen LogP contribution in [0.25, 0.3) is 0 Å². The number of carbonyl (C=O) groups is 2. The molecule has 7 nitrogen and oxygen atoms in total. The quantitative estimate of drug-likeness (QED) is 0.221. The molecule has 0 bridgehead atoms. The van der Waals surface area contributed by atoms with Crippen molar-refractivity contribution in [1.82, 2.24) is 20.1 Å². The average molecular weight is 550 g/mol. The fourth-order valence-electron chi connectivity index (χ4n) is 3.44. The second kappa shape index (κ2) is 12.9. The average Bonchev–Trinajstić information content (AvgIpc) is 3.21. The van der Waals surface area contributed by atoms with Crippen LogP contribution in [0, 0.1) is 11.7 Å². The summed E-state index contributed by atoms with van der Waals surface area (Å²) in [7, 11) is 0. The Bertz CT molecular complexity index is 1230. The molecule has 0 aliphatic rings. The molecule has 0 aliphatic carbocycles. The topological polar surface area (TPSA) is 88.9 Å². The van der Waals surface area contributed by atoms with E-state index in [4.69, 9.17) is 23.2 Å². The summed E-state index contributed by atoms with van der Waals surface area (Å²) in [6, 6.07) is 9.76. The number of hydrogen-bond donors (Lipinski definition) is 2. The van der Waals surface area contributed by atoms with Crippen molar-refractivity contribution in [2.45, 2.75) is 38.0 Å². The minimum atomic E-state index is -0.459. The molecule has 0 fully saturated rings. The van der Waals surface area contributed by atoms with Crippen molar-refractivity contribution < 1.29 is 14.0 Å². The molecule has 1 atom stereocenters. The van der Waals surface area contributed by atoms with Crippen molar-refractivity contribution in [2.24, 2.45) is 5.92 Å². The number of nitrogens with zero attached hydrogens (tertiary/aromatic N) is 3. The molecule has 3 aromatic rings. The van der Waals surface area contributed by atoms with Gasteiger partial charge < -0.3 is 15.2 Å². The molecule has 2 amide bonds. The Morgan fingerprint density at radius 3 is 2.53 bits per heavy atom. The summed E-state index contributed by atoms with van der Waals surface area (Å²) >= 11 is 13.4. The molecule has 1 aromatic heterocycles. The van der Waals surface area contributed by atoms with E-state index in [2.05, 4.69) is 27.4 Å². The van der Waals surface area contributed by atoms with E-state index in [0.717, 1.165) is 0 Å². The highest BCUT2D eigenvalue weighted by Gasteiger charge is 2.25. The smallest absolute Gasteiger partial charge is 0.253 e. The van der Waals surface area contributed by atoms with Gasteiger partial charge in [0.05, 0.1) is 22.4 Å². The summed E-state index contributed by atoms with van der Waals surface area (Å²) in [5.74, 6) is -0.164. The normalized spacial score (nSPS) is 11.8. The molecule has 36 heavy (non-hydrogen) atoms. The molecule has 0 spiro atoms. The van der Waals surface area contributed by atoms with Gasteiger partial charge in [0.2, 0.25) is 5.91 Å². The van der Waals surface area contributed by atoms with Gasteiger partial charge in [-0.1, -0.05) is 54.9 Å². The van der Waals surface area contributed by atoms with Crippen LogP contribution in [0.2, 0.25) is 10.0 Å². The summed E-state index contributed by atoms with van der Waals surface area (Å²) in [5.41, 5.74) is 0.799. The van der Waals surface area contributed by atoms with Crippen LogP contribution in [0.15, 0.2) is 60.3 Å². The molecule has 2 N–H and O–H groups in total. The molecule has 3 rings (SSSR count). The van der Waals surface area contributed by atoms with Crippen LogP contribution in [-0.4, -0.2) is 32.3 Å². The number of carbonyl (C=O) groups excluding carboxylic acids is 2. The molecule has 0 aliphatic heterocycles. The van der Waals surface area contributed by atoms with Crippen molar-refractivity contribution in [1.29, 1.82) is 0 Å². The van der Waals surface area contributed by atoms with E-state index in [1.807, 2.05) is 18.4 Å². The number of rotatable bonds is 11. The Labute approximate surface area is 223 Å². The van der Waals surface area contributed by atoms with Crippen LogP contribution in [0.3, 0.4) is 0 Å². The van der Waals surface area contributed by atoms with Gasteiger partial charge in [-0.15, -0.1) is 16.8 Å². The summed E-state index contributed by atoms with van der Waals surface area (Å²) in [6.45, 7) is 8.28. The van der Waals surface area contributed by atoms with Crippen LogP contribution in [0.5, 0.6) is 0 Å². The third kappa shape index (κ3) is 7.56. The minimum Gasteiger partial charge on any atom is -0.342 e. The Kier molecular flexibility index (Phi) is 9.92. The van der Waals surface area contributed by atoms with E-state index >= 15 is 0 Å². The van der Waals surface area contributed by atoms with Gasteiger partial charge >= 0.3 is 0 Å². The summed E-state index contributed by atoms with van der Waals surface area (Å²) in [6.07, 6.45) is 2.29. The second-order valence-electron chi connectivity index (χ2n) is 8.36. The predicted octanol–water partition coefficient (Wildman–Crippen LogP) is 6.16. The van der Waals surface area contributed by atoms with E-state index in [0.29, 0.717) is 40.2 Å².